The summed E-state index contributed by atoms with van der Waals surface area (Å²) in [5.41, 5.74) is 7.01. The third-order valence-electron chi connectivity index (χ3n) is 2.40. The predicted molar refractivity (Wildman–Crippen MR) is 65.2 cm³/mol. The Kier molecular flexibility index (Phi) is 5.78. The Balaban J connectivity index is 4.34. The van der Waals surface area contributed by atoms with Crippen LogP contribution in [0.1, 0.15) is 47.5 Å². The lowest BCUT2D eigenvalue weighted by Crippen LogP contribution is -2.33. The molecular formula is C13H25N. The Labute approximate surface area is 89.1 Å². The Morgan fingerprint density at radius 2 is 2.00 bits per heavy atom. The molecule has 0 aromatic carbocycles. The van der Waals surface area contributed by atoms with Gasteiger partial charge in [0.1, 0.15) is 0 Å². The summed E-state index contributed by atoms with van der Waals surface area (Å²) < 4.78 is 0. The van der Waals surface area contributed by atoms with Gasteiger partial charge in [-0.15, -0.1) is 0 Å². The van der Waals surface area contributed by atoms with Gasteiger partial charge in [0.05, 0.1) is 0 Å². The van der Waals surface area contributed by atoms with Crippen molar-refractivity contribution in [3.8, 4) is 0 Å². The second-order valence-corrected chi connectivity index (χ2v) is 4.59. The van der Waals surface area contributed by atoms with E-state index in [1.807, 2.05) is 20.8 Å². The van der Waals surface area contributed by atoms with Crippen molar-refractivity contribution in [3.05, 3.63) is 23.8 Å². The molecule has 0 aliphatic carbocycles. The first-order valence-corrected chi connectivity index (χ1v) is 5.55. The standard InChI is InChI=1S/C13H25N/c1-6-8-11(3)9-10-12(7-2)13(4,5)14/h7,9-11H,6,8,14H2,1-5H3/b10-9-,12-7+. The summed E-state index contributed by atoms with van der Waals surface area (Å²) in [7, 11) is 0. The summed E-state index contributed by atoms with van der Waals surface area (Å²) in [6.07, 6.45) is 9.00. The summed E-state index contributed by atoms with van der Waals surface area (Å²) >= 11 is 0. The summed E-state index contributed by atoms with van der Waals surface area (Å²) in [6, 6.07) is 0. The topological polar surface area (TPSA) is 26.0 Å². The highest BCUT2D eigenvalue weighted by molar-refractivity contribution is 5.28. The highest BCUT2D eigenvalue weighted by Gasteiger charge is 2.13. The molecule has 1 unspecified atom stereocenters. The van der Waals surface area contributed by atoms with Gasteiger partial charge in [0.15, 0.2) is 0 Å². The number of nitrogens with two attached hydrogens (primary N) is 1. The van der Waals surface area contributed by atoms with E-state index in [-0.39, 0.29) is 5.54 Å². The van der Waals surface area contributed by atoms with Crippen LogP contribution in [-0.4, -0.2) is 5.54 Å². The first kappa shape index (κ1) is 13.4. The smallest absolute Gasteiger partial charge is 0.0349 e. The molecule has 1 atom stereocenters. The predicted octanol–water partition coefficient (Wildman–Crippen LogP) is 3.66. The first-order valence-electron chi connectivity index (χ1n) is 5.55. The molecule has 0 aliphatic heterocycles. The first-order chi connectivity index (χ1) is 6.41. The fraction of sp³-hybridized carbons (Fsp3) is 0.692. The zero-order chi connectivity index (χ0) is 11.2. The monoisotopic (exact) mass is 195 g/mol. The lowest BCUT2D eigenvalue weighted by molar-refractivity contribution is 0.613. The Hall–Kier alpha value is -0.560. The van der Waals surface area contributed by atoms with Gasteiger partial charge in [-0.25, -0.2) is 0 Å². The van der Waals surface area contributed by atoms with Crippen molar-refractivity contribution < 1.29 is 0 Å². The third kappa shape index (κ3) is 5.23. The van der Waals surface area contributed by atoms with Crippen LogP contribution in [0, 0.1) is 5.92 Å². The van der Waals surface area contributed by atoms with Crippen LogP contribution < -0.4 is 5.73 Å². The van der Waals surface area contributed by atoms with Crippen LogP contribution in [0.2, 0.25) is 0 Å². The maximum absolute atomic E-state index is 6.03. The molecule has 0 amide bonds. The van der Waals surface area contributed by atoms with Crippen LogP contribution in [0.25, 0.3) is 0 Å². The van der Waals surface area contributed by atoms with Crippen molar-refractivity contribution >= 4 is 0 Å². The molecule has 82 valence electrons. The molecule has 0 bridgehead atoms. The number of hydrogen-bond donors (Lipinski definition) is 1. The molecule has 0 aromatic heterocycles. The van der Waals surface area contributed by atoms with E-state index in [1.165, 1.54) is 18.4 Å². The quantitative estimate of drug-likeness (QED) is 0.666. The minimum Gasteiger partial charge on any atom is -0.322 e. The average molecular weight is 195 g/mol. The Bertz CT molecular complexity index is 206. The molecule has 2 N–H and O–H groups in total. The van der Waals surface area contributed by atoms with Gasteiger partial charge in [0.2, 0.25) is 0 Å². The van der Waals surface area contributed by atoms with E-state index in [0.717, 1.165) is 0 Å². The highest BCUT2D eigenvalue weighted by Crippen LogP contribution is 2.16. The van der Waals surface area contributed by atoms with E-state index in [1.54, 1.807) is 0 Å². The fourth-order valence-corrected chi connectivity index (χ4v) is 1.50. The molecule has 1 heteroatoms. The lowest BCUT2D eigenvalue weighted by Gasteiger charge is -2.20. The summed E-state index contributed by atoms with van der Waals surface area (Å²) in [6.45, 7) is 10.6. The Morgan fingerprint density at radius 1 is 1.43 bits per heavy atom. The summed E-state index contributed by atoms with van der Waals surface area (Å²) in [5.74, 6) is 0.650. The molecule has 14 heavy (non-hydrogen) atoms. The molecule has 0 aliphatic rings. The van der Waals surface area contributed by atoms with Crippen LogP contribution in [0.3, 0.4) is 0 Å². The zero-order valence-corrected chi connectivity index (χ0v) is 10.3. The largest absolute Gasteiger partial charge is 0.322 e. The van der Waals surface area contributed by atoms with E-state index in [4.69, 9.17) is 5.73 Å². The normalized spacial score (nSPS) is 16.3. The van der Waals surface area contributed by atoms with Crippen LogP contribution in [-0.2, 0) is 0 Å². The van der Waals surface area contributed by atoms with Gasteiger partial charge in [0.25, 0.3) is 0 Å². The van der Waals surface area contributed by atoms with Crippen molar-refractivity contribution in [2.75, 3.05) is 0 Å². The molecule has 0 saturated carbocycles. The zero-order valence-electron chi connectivity index (χ0n) is 10.3. The summed E-state index contributed by atoms with van der Waals surface area (Å²) in [4.78, 5) is 0. The molecule has 0 saturated heterocycles. The van der Waals surface area contributed by atoms with Gasteiger partial charge in [-0.2, -0.15) is 0 Å². The Morgan fingerprint density at radius 3 is 2.36 bits per heavy atom. The molecule has 0 heterocycles. The van der Waals surface area contributed by atoms with Crippen molar-refractivity contribution in [1.29, 1.82) is 0 Å². The maximum atomic E-state index is 6.03. The van der Waals surface area contributed by atoms with E-state index < -0.39 is 0 Å². The van der Waals surface area contributed by atoms with Crippen LogP contribution in [0.5, 0.6) is 0 Å². The van der Waals surface area contributed by atoms with Crippen molar-refractivity contribution in [3.63, 3.8) is 0 Å². The average Bonchev–Trinajstić information content (AvgIpc) is 2.03. The lowest BCUT2D eigenvalue weighted by atomic mass is 9.93. The maximum Gasteiger partial charge on any atom is 0.0349 e. The minimum atomic E-state index is -0.225. The highest BCUT2D eigenvalue weighted by atomic mass is 14.7. The van der Waals surface area contributed by atoms with Gasteiger partial charge < -0.3 is 5.73 Å². The second kappa shape index (κ2) is 6.02. The molecule has 0 rings (SSSR count). The van der Waals surface area contributed by atoms with Crippen LogP contribution >= 0.6 is 0 Å². The van der Waals surface area contributed by atoms with Gasteiger partial charge in [-0.05, 0) is 38.7 Å². The van der Waals surface area contributed by atoms with Gasteiger partial charge in [-0.1, -0.05) is 38.5 Å². The fourth-order valence-electron chi connectivity index (χ4n) is 1.50. The van der Waals surface area contributed by atoms with Gasteiger partial charge in [0, 0.05) is 5.54 Å². The third-order valence-corrected chi connectivity index (χ3v) is 2.40. The van der Waals surface area contributed by atoms with E-state index in [0.29, 0.717) is 5.92 Å². The van der Waals surface area contributed by atoms with Crippen molar-refractivity contribution in [2.45, 2.75) is 53.0 Å². The molecule has 0 radical (unpaired) electrons. The molecule has 0 fully saturated rings. The van der Waals surface area contributed by atoms with E-state index in [9.17, 15) is 0 Å². The van der Waals surface area contributed by atoms with Gasteiger partial charge in [-0.3, -0.25) is 0 Å². The molecule has 1 nitrogen and oxygen atoms in total. The van der Waals surface area contributed by atoms with Crippen LogP contribution in [0.15, 0.2) is 23.8 Å². The van der Waals surface area contributed by atoms with E-state index >= 15 is 0 Å². The number of allylic oxidation sites excluding steroid dienone is 2. The van der Waals surface area contributed by atoms with Crippen molar-refractivity contribution in [1.82, 2.24) is 0 Å². The number of hydrogen-bond acceptors (Lipinski definition) is 1. The number of rotatable bonds is 5. The molecular weight excluding hydrogens is 170 g/mol. The van der Waals surface area contributed by atoms with Gasteiger partial charge >= 0.3 is 0 Å². The SMILES string of the molecule is C/C=C(\C=C/C(C)CCC)C(C)(C)N. The molecule has 0 spiro atoms. The molecule has 0 aromatic rings. The minimum absolute atomic E-state index is 0.225. The van der Waals surface area contributed by atoms with E-state index in [2.05, 4.69) is 32.1 Å². The summed E-state index contributed by atoms with van der Waals surface area (Å²) in [5, 5.41) is 0. The second-order valence-electron chi connectivity index (χ2n) is 4.59. The van der Waals surface area contributed by atoms with Crippen LogP contribution in [0.4, 0.5) is 0 Å². The van der Waals surface area contributed by atoms with Crippen molar-refractivity contribution in [2.24, 2.45) is 11.7 Å².